The molecule has 1 saturated heterocycles. The van der Waals surface area contributed by atoms with Gasteiger partial charge in [0.25, 0.3) is 0 Å². The van der Waals surface area contributed by atoms with Crippen molar-refractivity contribution in [1.82, 2.24) is 24.6 Å². The number of carbonyl (C=O) groups excluding carboxylic acids is 1. The Morgan fingerprint density at radius 1 is 1.03 bits per heavy atom. The van der Waals surface area contributed by atoms with Crippen LogP contribution in [0.3, 0.4) is 0 Å². The van der Waals surface area contributed by atoms with Gasteiger partial charge in [-0.15, -0.1) is 0 Å². The number of rotatable bonds is 4. The van der Waals surface area contributed by atoms with Gasteiger partial charge < -0.3 is 14.4 Å². The van der Waals surface area contributed by atoms with Gasteiger partial charge in [0.1, 0.15) is 34.3 Å². The van der Waals surface area contributed by atoms with Crippen molar-refractivity contribution in [3.8, 4) is 22.8 Å². The van der Waals surface area contributed by atoms with E-state index >= 15 is 0 Å². The molecule has 0 spiro atoms. The fourth-order valence-electron chi connectivity index (χ4n) is 4.35. The number of benzene rings is 2. The molecule has 0 radical (unpaired) electrons. The molecule has 5 rings (SSSR count). The monoisotopic (exact) mass is 505 g/mol. The minimum Gasteiger partial charge on any atom is -0.457 e. The average molecular weight is 506 g/mol. The van der Waals surface area contributed by atoms with E-state index in [2.05, 4.69) is 9.97 Å². The number of para-hydroxylation sites is 1. The van der Waals surface area contributed by atoms with E-state index < -0.39 is 5.60 Å². The van der Waals surface area contributed by atoms with E-state index in [1.165, 1.54) is 6.33 Å². The van der Waals surface area contributed by atoms with Crippen molar-refractivity contribution in [2.75, 3.05) is 13.1 Å². The number of aromatic nitrogens is 4. The van der Waals surface area contributed by atoms with Crippen LogP contribution in [0.2, 0.25) is 5.15 Å². The normalized spacial score (nSPS) is 16.2. The van der Waals surface area contributed by atoms with Gasteiger partial charge in [-0.25, -0.2) is 19.4 Å². The molecule has 2 aromatic carbocycles. The van der Waals surface area contributed by atoms with E-state index in [9.17, 15) is 4.79 Å². The molecule has 3 heterocycles. The first-order chi connectivity index (χ1) is 17.3. The third kappa shape index (κ3) is 5.14. The van der Waals surface area contributed by atoms with Gasteiger partial charge in [-0.1, -0.05) is 29.8 Å². The molecule has 1 aliphatic rings. The van der Waals surface area contributed by atoms with Crippen molar-refractivity contribution < 1.29 is 14.3 Å². The quantitative estimate of drug-likeness (QED) is 0.294. The lowest BCUT2D eigenvalue weighted by molar-refractivity contribution is 0.0169. The number of nitrogens with zero attached hydrogens (tertiary/aromatic N) is 5. The lowest BCUT2D eigenvalue weighted by atomic mass is 10.1. The third-order valence-electron chi connectivity index (χ3n) is 5.94. The number of ether oxygens (including phenoxy) is 2. The van der Waals surface area contributed by atoms with Gasteiger partial charge in [-0.05, 0) is 70.0 Å². The minimum absolute atomic E-state index is 0.0610. The minimum atomic E-state index is -0.549. The zero-order valence-electron chi connectivity index (χ0n) is 20.5. The maximum Gasteiger partial charge on any atom is 0.410 e. The highest BCUT2D eigenvalue weighted by Crippen LogP contribution is 2.35. The number of halogens is 1. The van der Waals surface area contributed by atoms with Crippen LogP contribution in [0.4, 0.5) is 4.79 Å². The molecule has 1 amide bonds. The van der Waals surface area contributed by atoms with E-state index in [4.69, 9.17) is 26.2 Å². The SMILES string of the molecule is CC(C)(C)OC(=O)N1CCC[C@@H](n2nc(-c3ccc(Oc4ccccc4)cc3)c3c(Cl)ncnc32)C1. The van der Waals surface area contributed by atoms with Gasteiger partial charge in [0, 0.05) is 18.7 Å². The lowest BCUT2D eigenvalue weighted by Gasteiger charge is -2.34. The van der Waals surface area contributed by atoms with Crippen LogP contribution in [0.25, 0.3) is 22.3 Å². The van der Waals surface area contributed by atoms with Crippen molar-refractivity contribution in [3.63, 3.8) is 0 Å². The van der Waals surface area contributed by atoms with E-state index in [1.54, 1.807) is 4.90 Å². The zero-order valence-corrected chi connectivity index (χ0v) is 21.3. The maximum atomic E-state index is 12.7. The molecular weight excluding hydrogens is 478 g/mol. The van der Waals surface area contributed by atoms with Crippen LogP contribution in [-0.2, 0) is 4.74 Å². The fourth-order valence-corrected chi connectivity index (χ4v) is 4.56. The summed E-state index contributed by atoms with van der Waals surface area (Å²) in [5.74, 6) is 1.49. The van der Waals surface area contributed by atoms with Crippen molar-refractivity contribution in [2.24, 2.45) is 0 Å². The fraction of sp³-hybridized carbons (Fsp3) is 0.333. The molecule has 9 heteroatoms. The summed E-state index contributed by atoms with van der Waals surface area (Å²) in [4.78, 5) is 23.2. The van der Waals surface area contributed by atoms with Crippen LogP contribution in [0, 0.1) is 0 Å². The lowest BCUT2D eigenvalue weighted by Crippen LogP contribution is -2.43. The number of hydrogen-bond acceptors (Lipinski definition) is 6. The number of hydrogen-bond donors (Lipinski definition) is 0. The number of fused-ring (bicyclic) bond motifs is 1. The molecule has 0 aliphatic carbocycles. The molecule has 1 atom stereocenters. The Labute approximate surface area is 214 Å². The van der Waals surface area contributed by atoms with Crippen LogP contribution in [0.5, 0.6) is 11.5 Å². The Bertz CT molecular complexity index is 1370. The van der Waals surface area contributed by atoms with Crippen molar-refractivity contribution >= 4 is 28.7 Å². The predicted molar refractivity (Wildman–Crippen MR) is 138 cm³/mol. The highest BCUT2D eigenvalue weighted by atomic mass is 35.5. The topological polar surface area (TPSA) is 82.4 Å². The first-order valence-corrected chi connectivity index (χ1v) is 12.4. The number of carbonyl (C=O) groups is 1. The molecule has 4 aromatic rings. The summed E-state index contributed by atoms with van der Waals surface area (Å²) in [5.41, 5.74) is 1.66. The molecular formula is C27H28ClN5O3. The Hall–Kier alpha value is -3.65. The molecule has 2 aromatic heterocycles. The smallest absolute Gasteiger partial charge is 0.410 e. The van der Waals surface area contributed by atoms with Crippen LogP contribution >= 0.6 is 11.6 Å². The van der Waals surface area contributed by atoms with E-state index in [1.807, 2.05) is 80.1 Å². The summed E-state index contributed by atoms with van der Waals surface area (Å²) in [6.45, 7) is 6.74. The number of likely N-dealkylation sites (tertiary alicyclic amines) is 1. The summed E-state index contributed by atoms with van der Waals surface area (Å²) in [6.07, 6.45) is 2.83. The van der Waals surface area contributed by atoms with Crippen molar-refractivity contribution in [2.45, 2.75) is 45.3 Å². The van der Waals surface area contributed by atoms with Crippen LogP contribution in [0.15, 0.2) is 60.9 Å². The molecule has 186 valence electrons. The molecule has 0 unspecified atom stereocenters. The summed E-state index contributed by atoms with van der Waals surface area (Å²) >= 11 is 6.54. The van der Waals surface area contributed by atoms with E-state index in [0.717, 1.165) is 29.9 Å². The van der Waals surface area contributed by atoms with Gasteiger partial charge in [0.05, 0.1) is 11.4 Å². The second-order valence-corrected chi connectivity index (χ2v) is 10.2. The van der Waals surface area contributed by atoms with Crippen molar-refractivity contribution in [1.29, 1.82) is 0 Å². The summed E-state index contributed by atoms with van der Waals surface area (Å²) in [6, 6.07) is 17.3. The first kappa shape index (κ1) is 24.1. The molecule has 0 bridgehead atoms. The van der Waals surface area contributed by atoms with E-state index in [0.29, 0.717) is 35.0 Å². The first-order valence-electron chi connectivity index (χ1n) is 12.0. The Balaban J connectivity index is 1.45. The molecule has 1 fully saturated rings. The van der Waals surface area contributed by atoms with Gasteiger partial charge in [0.2, 0.25) is 0 Å². The largest absolute Gasteiger partial charge is 0.457 e. The zero-order chi connectivity index (χ0) is 25.3. The molecule has 0 saturated carbocycles. The second kappa shape index (κ2) is 9.78. The van der Waals surface area contributed by atoms with Crippen LogP contribution in [0.1, 0.15) is 39.7 Å². The summed E-state index contributed by atoms with van der Waals surface area (Å²) in [7, 11) is 0. The van der Waals surface area contributed by atoms with Crippen LogP contribution in [-0.4, -0.2) is 49.4 Å². The molecule has 0 N–H and O–H groups in total. The van der Waals surface area contributed by atoms with Gasteiger partial charge in [-0.2, -0.15) is 5.10 Å². The maximum absolute atomic E-state index is 12.7. The summed E-state index contributed by atoms with van der Waals surface area (Å²) in [5, 5.41) is 5.96. The van der Waals surface area contributed by atoms with Gasteiger partial charge in [0.15, 0.2) is 5.65 Å². The Morgan fingerprint density at radius 3 is 2.47 bits per heavy atom. The molecule has 8 nitrogen and oxygen atoms in total. The molecule has 36 heavy (non-hydrogen) atoms. The standard InChI is InChI=1S/C27H28ClN5O3/c1-27(2,3)36-26(34)32-15-7-8-19(16-32)33-25-22(24(28)29-17-30-25)23(31-33)18-11-13-21(14-12-18)35-20-9-5-4-6-10-20/h4-6,9-14,17,19H,7-8,15-16H2,1-3H3/t19-/m1/s1. The second-order valence-electron chi connectivity index (χ2n) is 9.82. The van der Waals surface area contributed by atoms with E-state index in [-0.39, 0.29) is 12.1 Å². The molecule has 1 aliphatic heterocycles. The Kier molecular flexibility index (Phi) is 6.53. The number of amides is 1. The third-order valence-corrected chi connectivity index (χ3v) is 6.23. The highest BCUT2D eigenvalue weighted by molar-refractivity contribution is 6.35. The van der Waals surface area contributed by atoms with Gasteiger partial charge >= 0.3 is 6.09 Å². The number of piperidine rings is 1. The highest BCUT2D eigenvalue weighted by Gasteiger charge is 2.31. The average Bonchev–Trinajstić information content (AvgIpc) is 3.25. The predicted octanol–water partition coefficient (Wildman–Crippen LogP) is 6.51. The summed E-state index contributed by atoms with van der Waals surface area (Å²) < 4.78 is 13.4. The van der Waals surface area contributed by atoms with Crippen LogP contribution < -0.4 is 4.74 Å². The van der Waals surface area contributed by atoms with Gasteiger partial charge in [-0.3, -0.25) is 0 Å². The van der Waals surface area contributed by atoms with Crippen molar-refractivity contribution in [3.05, 3.63) is 66.1 Å². The Morgan fingerprint density at radius 2 is 1.75 bits per heavy atom.